The van der Waals surface area contributed by atoms with Gasteiger partial charge in [0.05, 0.1) is 5.75 Å². The van der Waals surface area contributed by atoms with Gasteiger partial charge in [-0.05, 0) is 153 Å². The predicted molar refractivity (Wildman–Crippen MR) is 208 cm³/mol. The number of hydrogen-bond acceptors (Lipinski definition) is 8. The fraction of sp³-hybridized carbons (Fsp3) is 0.622. The van der Waals surface area contributed by atoms with Crippen LogP contribution in [-0.2, 0) is 71.4 Å². The van der Waals surface area contributed by atoms with E-state index < -0.39 is 32.1 Å². The van der Waals surface area contributed by atoms with E-state index >= 15 is 0 Å². The number of nitrogens with zero attached hydrogens (tertiary/aromatic N) is 2. The topological polar surface area (TPSA) is 157 Å². The Bertz CT molecular complexity index is 1860. The highest BCUT2D eigenvalue weighted by Gasteiger charge is 2.29. The molecule has 2 heterocycles. The predicted octanol–water partition coefficient (Wildman–Crippen LogP) is 5.22. The molecule has 0 radical (unpaired) electrons. The zero-order chi connectivity index (χ0) is 35.8. The number of carbonyl (C=O) groups is 2. The first kappa shape index (κ1) is 36.2. The Kier molecular flexibility index (Phi) is 10.7. The smallest absolute Gasteiger partial charge is 0.307 e. The molecule has 2 aliphatic heterocycles. The standard InChI is InChI=1S/C20H29N3O3S.C17H23N3O3S.4H2/c1-14(12-23-9-4-10-23)13-27(25,26)22-20(24)21-19-17-7-2-5-15(17)11-16-6-3-8-18(16)19;21-17(19-24(22,23)11-20-8-3-9-20)18-16-14-6-1-4-12(14)10-13-5-2-7-15(13)16;;;;/h11,14H,2-10,12-13H2,1H3,(H2,21,22,24);10H,1-9,11H2,(H2,18,19,21);4*1H. The summed E-state index contributed by atoms with van der Waals surface area (Å²) < 4.78 is 53.4. The first-order chi connectivity index (χ1) is 24.4. The van der Waals surface area contributed by atoms with Gasteiger partial charge in [0.15, 0.2) is 0 Å². The van der Waals surface area contributed by atoms with Gasteiger partial charge in [-0.25, -0.2) is 35.9 Å². The summed E-state index contributed by atoms with van der Waals surface area (Å²) in [5, 5.41) is 5.76. The summed E-state index contributed by atoms with van der Waals surface area (Å²) in [5.41, 5.74) is 11.8. The van der Waals surface area contributed by atoms with E-state index in [9.17, 15) is 26.4 Å². The number of amides is 4. The minimum atomic E-state index is -3.65. The lowest BCUT2D eigenvalue weighted by atomic mass is 9.99. The third-order valence-corrected chi connectivity index (χ3v) is 13.9. The Labute approximate surface area is 308 Å². The summed E-state index contributed by atoms with van der Waals surface area (Å²) in [7, 11) is -7.27. The number of hydrogen-bond donors (Lipinski definition) is 4. The Morgan fingerprint density at radius 3 is 1.37 bits per heavy atom. The number of anilines is 2. The van der Waals surface area contributed by atoms with Crippen LogP contribution in [0, 0.1) is 5.92 Å². The third kappa shape index (κ3) is 8.55. The Morgan fingerprint density at radius 2 is 1.00 bits per heavy atom. The van der Waals surface area contributed by atoms with E-state index in [0.29, 0.717) is 0 Å². The van der Waals surface area contributed by atoms with Gasteiger partial charge in [0.1, 0.15) is 5.88 Å². The van der Waals surface area contributed by atoms with Crippen molar-refractivity contribution in [3.63, 3.8) is 0 Å². The minimum Gasteiger partial charge on any atom is -0.307 e. The number of aryl methyl sites for hydroxylation is 4. The molecule has 0 aromatic heterocycles. The van der Waals surface area contributed by atoms with Crippen LogP contribution in [0.15, 0.2) is 12.1 Å². The number of likely N-dealkylation sites (tertiary alicyclic amines) is 2. The fourth-order valence-electron chi connectivity index (χ4n) is 8.75. The van der Waals surface area contributed by atoms with Gasteiger partial charge in [-0.3, -0.25) is 4.90 Å². The van der Waals surface area contributed by atoms with Gasteiger partial charge in [0.2, 0.25) is 20.0 Å². The van der Waals surface area contributed by atoms with E-state index in [-0.39, 0.29) is 23.3 Å². The minimum absolute atomic E-state index is 0. The molecule has 14 heteroatoms. The molecule has 2 aromatic rings. The Balaban J connectivity index is 0.000000277. The van der Waals surface area contributed by atoms with Crippen LogP contribution in [0.1, 0.15) is 95.7 Å². The molecule has 4 amide bonds. The first-order valence-electron chi connectivity index (χ1n) is 18.8. The van der Waals surface area contributed by atoms with Crippen molar-refractivity contribution in [2.24, 2.45) is 5.92 Å². The highest BCUT2D eigenvalue weighted by Crippen LogP contribution is 2.40. The van der Waals surface area contributed by atoms with Crippen LogP contribution in [0.5, 0.6) is 0 Å². The molecule has 0 saturated carbocycles. The van der Waals surface area contributed by atoms with E-state index in [4.69, 9.17) is 0 Å². The molecule has 286 valence electrons. The molecular formula is C37H60N6O6S2. The van der Waals surface area contributed by atoms with Crippen LogP contribution < -0.4 is 20.1 Å². The molecule has 8 rings (SSSR count). The lowest BCUT2D eigenvalue weighted by Gasteiger charge is -2.32. The maximum atomic E-state index is 12.5. The van der Waals surface area contributed by atoms with Gasteiger partial charge in [-0.2, -0.15) is 0 Å². The van der Waals surface area contributed by atoms with E-state index in [1.165, 1.54) is 50.9 Å². The van der Waals surface area contributed by atoms with E-state index in [1.807, 2.05) is 11.8 Å². The van der Waals surface area contributed by atoms with E-state index in [1.54, 1.807) is 0 Å². The largest absolute Gasteiger partial charge is 0.332 e. The summed E-state index contributed by atoms with van der Waals surface area (Å²) in [6.45, 7) is 6.34. The van der Waals surface area contributed by atoms with Crippen molar-refractivity contribution < 1.29 is 32.1 Å². The average molecular weight is 749 g/mol. The summed E-state index contributed by atoms with van der Waals surface area (Å²) >= 11 is 0. The number of fused-ring (bicyclic) bond motifs is 4. The number of nitrogens with one attached hydrogen (secondary N) is 4. The van der Waals surface area contributed by atoms with Gasteiger partial charge in [0, 0.05) is 36.7 Å². The lowest BCUT2D eigenvalue weighted by molar-refractivity contribution is 0.162. The van der Waals surface area contributed by atoms with Gasteiger partial charge in [-0.1, -0.05) is 19.1 Å². The van der Waals surface area contributed by atoms with Gasteiger partial charge in [0.25, 0.3) is 0 Å². The number of rotatable bonds is 10. The van der Waals surface area contributed by atoms with Gasteiger partial charge in [-0.15, -0.1) is 0 Å². The zero-order valence-electron chi connectivity index (χ0n) is 29.7. The van der Waals surface area contributed by atoms with Crippen molar-refractivity contribution in [3.05, 3.63) is 56.6 Å². The summed E-state index contributed by atoms with van der Waals surface area (Å²) in [6.07, 6.45) is 14.6. The third-order valence-electron chi connectivity index (χ3n) is 11.2. The highest BCUT2D eigenvalue weighted by atomic mass is 32.2. The molecule has 4 aliphatic carbocycles. The maximum Gasteiger partial charge on any atom is 0.332 e. The lowest BCUT2D eigenvalue weighted by Crippen LogP contribution is -2.46. The number of sulfonamides is 2. The molecule has 1 unspecified atom stereocenters. The Hall–Kier alpha value is -3.20. The molecule has 0 bridgehead atoms. The van der Waals surface area contributed by atoms with Crippen molar-refractivity contribution >= 4 is 43.5 Å². The Morgan fingerprint density at radius 1 is 0.608 bits per heavy atom. The average Bonchev–Trinajstić information content (AvgIpc) is 3.83. The molecule has 1 atom stereocenters. The second-order valence-electron chi connectivity index (χ2n) is 15.3. The highest BCUT2D eigenvalue weighted by molar-refractivity contribution is 7.90. The van der Waals surface area contributed by atoms with Crippen molar-refractivity contribution in [3.8, 4) is 0 Å². The van der Waals surface area contributed by atoms with Crippen LogP contribution in [0.25, 0.3) is 0 Å². The van der Waals surface area contributed by atoms with Crippen LogP contribution in [0.3, 0.4) is 0 Å². The monoisotopic (exact) mass is 748 g/mol. The second-order valence-corrected chi connectivity index (χ2v) is 18.8. The molecule has 0 spiro atoms. The summed E-state index contributed by atoms with van der Waals surface area (Å²) in [6, 6.07) is 3.32. The van der Waals surface area contributed by atoms with Crippen LogP contribution in [0.4, 0.5) is 21.0 Å². The van der Waals surface area contributed by atoms with Crippen LogP contribution in [-0.4, -0.2) is 83.1 Å². The molecule has 2 aromatic carbocycles. The molecule has 51 heavy (non-hydrogen) atoms. The van der Waals surface area contributed by atoms with Crippen molar-refractivity contribution in [2.45, 2.75) is 96.8 Å². The number of urea groups is 2. The summed E-state index contributed by atoms with van der Waals surface area (Å²) in [4.78, 5) is 28.8. The van der Waals surface area contributed by atoms with Crippen molar-refractivity contribution in [1.29, 1.82) is 0 Å². The fourth-order valence-corrected chi connectivity index (χ4v) is 11.2. The van der Waals surface area contributed by atoms with Crippen LogP contribution >= 0.6 is 0 Å². The van der Waals surface area contributed by atoms with E-state index in [0.717, 1.165) is 128 Å². The van der Waals surface area contributed by atoms with Crippen molar-refractivity contribution in [2.75, 3.05) is 55.0 Å². The van der Waals surface area contributed by atoms with Gasteiger partial charge < -0.3 is 15.5 Å². The molecule has 6 aliphatic rings. The van der Waals surface area contributed by atoms with E-state index in [2.05, 4.69) is 37.1 Å². The summed E-state index contributed by atoms with van der Waals surface area (Å²) in [5.74, 6) is -0.131. The zero-order valence-corrected chi connectivity index (χ0v) is 31.4. The van der Waals surface area contributed by atoms with Gasteiger partial charge >= 0.3 is 12.1 Å². The first-order valence-corrected chi connectivity index (χ1v) is 22.1. The molecule has 12 nitrogen and oxygen atoms in total. The SMILES string of the molecule is CC(CN1CCC1)CS(=O)(=O)NC(=O)Nc1c2c(cc3c1CCC3)CCC2.O=C(Nc1c2c(cc3c1CCC3)CCC2)NS(=O)(=O)CN1CCC1.[HH].[HH].[HH].[HH]. The normalized spacial score (nSPS) is 19.7. The van der Waals surface area contributed by atoms with Crippen LogP contribution in [0.2, 0.25) is 0 Å². The maximum absolute atomic E-state index is 12.5. The molecular weight excluding hydrogens is 689 g/mol. The number of carbonyl (C=O) groups excluding carboxylic acids is 2. The number of benzene rings is 2. The quantitative estimate of drug-likeness (QED) is 0.258. The van der Waals surface area contributed by atoms with Crippen molar-refractivity contribution in [1.82, 2.24) is 19.2 Å². The molecule has 4 N–H and O–H groups in total. The molecule has 2 fully saturated rings. The molecule has 2 saturated heterocycles. The second kappa shape index (κ2) is 15.0.